The molecule has 1 aromatic rings. The Balaban J connectivity index is 1.99. The third-order valence-electron chi connectivity index (χ3n) is 5.55. The van der Waals surface area contributed by atoms with E-state index in [9.17, 15) is 9.59 Å². The second-order valence-electron chi connectivity index (χ2n) is 7.68. The van der Waals surface area contributed by atoms with Crippen LogP contribution in [0.4, 0.5) is 4.79 Å². The molecule has 0 unspecified atom stereocenters. The maximum absolute atomic E-state index is 13.0. The minimum atomic E-state index is -0.639. The number of benzene rings is 1. The summed E-state index contributed by atoms with van der Waals surface area (Å²) in [4.78, 5) is 27.8. The normalized spacial score (nSPS) is 19.8. The first-order valence-corrected chi connectivity index (χ1v) is 11.1. The molecule has 2 N–H and O–H groups in total. The van der Waals surface area contributed by atoms with Crippen LogP contribution >= 0.6 is 0 Å². The Labute approximate surface area is 183 Å². The molecule has 0 saturated carbocycles. The van der Waals surface area contributed by atoms with E-state index in [-0.39, 0.29) is 12.6 Å². The third-order valence-corrected chi connectivity index (χ3v) is 5.55. The maximum Gasteiger partial charge on any atom is 0.338 e. The summed E-state index contributed by atoms with van der Waals surface area (Å²) in [5.74, 6) is 0.725. The molecule has 1 aromatic carbocycles. The van der Waals surface area contributed by atoms with E-state index in [0.29, 0.717) is 35.9 Å². The molecule has 2 heterocycles. The second kappa shape index (κ2) is 11.0. The van der Waals surface area contributed by atoms with Crippen molar-refractivity contribution in [2.24, 2.45) is 0 Å². The lowest BCUT2D eigenvalue weighted by Crippen LogP contribution is -2.48. The van der Waals surface area contributed by atoms with E-state index < -0.39 is 12.0 Å². The Hall–Kier alpha value is -2.74. The molecule has 0 spiro atoms. The van der Waals surface area contributed by atoms with Gasteiger partial charge < -0.3 is 24.8 Å². The smallest absolute Gasteiger partial charge is 0.338 e. The molecule has 8 heteroatoms. The number of amides is 2. The molecule has 1 atom stereocenters. The van der Waals surface area contributed by atoms with Gasteiger partial charge in [0.05, 0.1) is 31.9 Å². The zero-order valence-corrected chi connectivity index (χ0v) is 18.7. The minimum Gasteiger partial charge on any atom is -0.493 e. The lowest BCUT2D eigenvalue weighted by Gasteiger charge is -2.32. The summed E-state index contributed by atoms with van der Waals surface area (Å²) in [5.41, 5.74) is 1.76. The molecule has 0 aliphatic carbocycles. The topological polar surface area (TPSA) is 89.1 Å². The van der Waals surface area contributed by atoms with Crippen LogP contribution in [0.25, 0.3) is 0 Å². The Bertz CT molecular complexity index is 815. The summed E-state index contributed by atoms with van der Waals surface area (Å²) < 4.78 is 16.4. The first-order valence-electron chi connectivity index (χ1n) is 11.1. The molecule has 0 bridgehead atoms. The highest BCUT2D eigenvalue weighted by Crippen LogP contribution is 2.35. The first kappa shape index (κ1) is 22.9. The molecule has 0 radical (unpaired) electrons. The summed E-state index contributed by atoms with van der Waals surface area (Å²) in [5, 5.41) is 5.75. The Morgan fingerprint density at radius 1 is 1.10 bits per heavy atom. The first-order chi connectivity index (χ1) is 15.1. The zero-order chi connectivity index (χ0) is 22.2. The Morgan fingerprint density at radius 2 is 1.84 bits per heavy atom. The summed E-state index contributed by atoms with van der Waals surface area (Å²) in [7, 11) is 1.56. The largest absolute Gasteiger partial charge is 0.493 e. The third kappa shape index (κ3) is 5.70. The molecule has 1 saturated heterocycles. The molecule has 3 rings (SSSR count). The molecule has 2 aliphatic heterocycles. The Kier molecular flexibility index (Phi) is 8.17. The van der Waals surface area contributed by atoms with Gasteiger partial charge in [0, 0.05) is 12.2 Å². The number of hydrogen-bond donors (Lipinski definition) is 2. The standard InChI is InChI=1S/C23H33N3O5/c1-4-30-18-11-10-16(14-19(18)29-3)21-20(22(27)31-5-2)17(24-23(28)25-21)15-26-12-8-6-7-9-13-26/h10-11,14,21H,4-9,12-13,15H2,1-3H3,(H2,24,25,28)/t21-/m0/s1. The molecule has 8 nitrogen and oxygen atoms in total. The molecule has 170 valence electrons. The fraction of sp³-hybridized carbons (Fsp3) is 0.565. The average molecular weight is 432 g/mol. The summed E-state index contributed by atoms with van der Waals surface area (Å²) >= 11 is 0. The highest BCUT2D eigenvalue weighted by atomic mass is 16.5. The van der Waals surface area contributed by atoms with Crippen LogP contribution in [-0.4, -0.2) is 56.9 Å². The van der Waals surface area contributed by atoms with Crippen LogP contribution in [0, 0.1) is 0 Å². The van der Waals surface area contributed by atoms with Gasteiger partial charge in [0.25, 0.3) is 0 Å². The molecule has 2 aliphatic rings. The molecule has 1 fully saturated rings. The number of carbonyl (C=O) groups excluding carboxylic acids is 2. The van der Waals surface area contributed by atoms with Crippen molar-refractivity contribution in [3.63, 3.8) is 0 Å². The van der Waals surface area contributed by atoms with E-state index in [1.54, 1.807) is 26.2 Å². The van der Waals surface area contributed by atoms with Crippen molar-refractivity contribution in [1.29, 1.82) is 0 Å². The summed E-state index contributed by atoms with van der Waals surface area (Å²) in [6.45, 7) is 6.84. The van der Waals surface area contributed by atoms with Gasteiger partial charge in [-0.3, -0.25) is 4.90 Å². The average Bonchev–Trinajstić information content (AvgIpc) is 3.02. The lowest BCUT2D eigenvalue weighted by molar-refractivity contribution is -0.139. The maximum atomic E-state index is 13.0. The van der Waals surface area contributed by atoms with Crippen LogP contribution < -0.4 is 20.1 Å². The number of carbonyl (C=O) groups is 2. The zero-order valence-electron chi connectivity index (χ0n) is 18.7. The fourth-order valence-electron chi connectivity index (χ4n) is 4.10. The lowest BCUT2D eigenvalue weighted by atomic mass is 9.94. The van der Waals surface area contributed by atoms with Gasteiger partial charge in [0.1, 0.15) is 0 Å². The van der Waals surface area contributed by atoms with Crippen LogP contribution in [-0.2, 0) is 9.53 Å². The van der Waals surface area contributed by atoms with Gasteiger partial charge in [-0.2, -0.15) is 0 Å². The molecule has 2 amide bonds. The van der Waals surface area contributed by atoms with Crippen molar-refractivity contribution in [2.75, 3.05) is 40.0 Å². The van der Waals surface area contributed by atoms with Crippen molar-refractivity contribution < 1.29 is 23.8 Å². The number of ether oxygens (including phenoxy) is 3. The van der Waals surface area contributed by atoms with Crippen molar-refractivity contribution in [3.8, 4) is 11.5 Å². The summed E-state index contributed by atoms with van der Waals surface area (Å²) in [6.07, 6.45) is 4.66. The van der Waals surface area contributed by atoms with Crippen molar-refractivity contribution >= 4 is 12.0 Å². The predicted molar refractivity (Wildman–Crippen MR) is 117 cm³/mol. The van der Waals surface area contributed by atoms with E-state index in [1.807, 2.05) is 13.0 Å². The van der Waals surface area contributed by atoms with E-state index in [1.165, 1.54) is 12.8 Å². The van der Waals surface area contributed by atoms with E-state index in [2.05, 4.69) is 15.5 Å². The van der Waals surface area contributed by atoms with Crippen LogP contribution in [0.3, 0.4) is 0 Å². The fourth-order valence-corrected chi connectivity index (χ4v) is 4.10. The quantitative estimate of drug-likeness (QED) is 0.615. The van der Waals surface area contributed by atoms with Gasteiger partial charge in [0.2, 0.25) is 0 Å². The van der Waals surface area contributed by atoms with E-state index in [0.717, 1.165) is 31.5 Å². The molecule has 0 aromatic heterocycles. The number of esters is 1. The van der Waals surface area contributed by atoms with Gasteiger partial charge in [-0.05, 0) is 57.5 Å². The van der Waals surface area contributed by atoms with Gasteiger partial charge in [-0.1, -0.05) is 18.9 Å². The van der Waals surface area contributed by atoms with Gasteiger partial charge in [-0.15, -0.1) is 0 Å². The molecular formula is C23H33N3O5. The number of hydrogen-bond acceptors (Lipinski definition) is 6. The number of nitrogens with zero attached hydrogens (tertiary/aromatic N) is 1. The minimum absolute atomic E-state index is 0.257. The van der Waals surface area contributed by atoms with Crippen LogP contribution in [0.5, 0.6) is 11.5 Å². The van der Waals surface area contributed by atoms with Crippen LogP contribution in [0.2, 0.25) is 0 Å². The van der Waals surface area contributed by atoms with Gasteiger partial charge in [0.15, 0.2) is 11.5 Å². The van der Waals surface area contributed by atoms with Crippen molar-refractivity contribution in [1.82, 2.24) is 15.5 Å². The Morgan fingerprint density at radius 3 is 2.48 bits per heavy atom. The number of rotatable bonds is 8. The van der Waals surface area contributed by atoms with E-state index >= 15 is 0 Å². The second-order valence-corrected chi connectivity index (χ2v) is 7.68. The van der Waals surface area contributed by atoms with Gasteiger partial charge >= 0.3 is 12.0 Å². The highest BCUT2D eigenvalue weighted by molar-refractivity contribution is 5.95. The monoisotopic (exact) mass is 431 g/mol. The van der Waals surface area contributed by atoms with Crippen molar-refractivity contribution in [2.45, 2.75) is 45.6 Å². The van der Waals surface area contributed by atoms with Crippen LogP contribution in [0.1, 0.15) is 51.1 Å². The van der Waals surface area contributed by atoms with Gasteiger partial charge in [-0.25, -0.2) is 9.59 Å². The summed E-state index contributed by atoms with van der Waals surface area (Å²) in [6, 6.07) is 4.45. The number of urea groups is 1. The number of methoxy groups -OCH3 is 1. The highest BCUT2D eigenvalue weighted by Gasteiger charge is 2.34. The predicted octanol–water partition coefficient (Wildman–Crippen LogP) is 3.14. The van der Waals surface area contributed by atoms with E-state index in [4.69, 9.17) is 14.2 Å². The number of likely N-dealkylation sites (tertiary alicyclic amines) is 1. The van der Waals surface area contributed by atoms with Crippen molar-refractivity contribution in [3.05, 3.63) is 35.0 Å². The molecule has 31 heavy (non-hydrogen) atoms. The van der Waals surface area contributed by atoms with Crippen LogP contribution in [0.15, 0.2) is 29.5 Å². The SMILES string of the molecule is CCOC(=O)C1=C(CN2CCCCCC2)NC(=O)N[C@H]1c1ccc(OCC)c(OC)c1. The molecular weight excluding hydrogens is 398 g/mol. The number of nitrogens with one attached hydrogen (secondary N) is 2.